The number of hydrogen-bond donors (Lipinski definition) is 1. The van der Waals surface area contributed by atoms with Gasteiger partial charge in [-0.15, -0.1) is 11.3 Å². The number of aliphatic hydroxyl groups is 1. The van der Waals surface area contributed by atoms with Gasteiger partial charge in [0.2, 0.25) is 0 Å². The molecule has 0 saturated carbocycles. The van der Waals surface area contributed by atoms with E-state index < -0.39 is 0 Å². The van der Waals surface area contributed by atoms with Crippen molar-refractivity contribution in [3.63, 3.8) is 0 Å². The lowest BCUT2D eigenvalue weighted by atomic mass is 10.2. The van der Waals surface area contributed by atoms with E-state index in [1.54, 1.807) is 0 Å². The van der Waals surface area contributed by atoms with Gasteiger partial charge in [-0.3, -0.25) is 4.90 Å². The Morgan fingerprint density at radius 3 is 2.86 bits per heavy atom. The molecule has 0 saturated heterocycles. The molecule has 80 valence electrons. The Bertz CT molecular complexity index is 235. The molecule has 2 nitrogen and oxygen atoms in total. The Hall–Kier alpha value is -0.380. The maximum absolute atomic E-state index is 8.69. The third-order valence-electron chi connectivity index (χ3n) is 2.54. The van der Waals surface area contributed by atoms with Gasteiger partial charge in [-0.25, -0.2) is 0 Å². The maximum atomic E-state index is 8.69. The molecule has 3 heteroatoms. The van der Waals surface area contributed by atoms with E-state index in [4.69, 9.17) is 5.11 Å². The Kier molecular flexibility index (Phi) is 5.15. The van der Waals surface area contributed by atoms with Crippen molar-refractivity contribution in [1.29, 1.82) is 0 Å². The van der Waals surface area contributed by atoms with E-state index in [9.17, 15) is 0 Å². The summed E-state index contributed by atoms with van der Waals surface area (Å²) in [7, 11) is 2.14. The molecule has 1 aromatic rings. The zero-order valence-corrected chi connectivity index (χ0v) is 9.76. The minimum Gasteiger partial charge on any atom is -0.396 e. The Balaban J connectivity index is 2.33. The summed E-state index contributed by atoms with van der Waals surface area (Å²) in [6, 6.07) is 4.77. The van der Waals surface area contributed by atoms with Gasteiger partial charge in [0, 0.05) is 17.5 Å². The van der Waals surface area contributed by atoms with Crippen LogP contribution in [0.25, 0.3) is 0 Å². The lowest BCUT2D eigenvalue weighted by Gasteiger charge is -2.23. The average molecular weight is 213 g/mol. The number of nitrogens with zero attached hydrogens (tertiary/aromatic N) is 1. The second kappa shape index (κ2) is 6.17. The van der Waals surface area contributed by atoms with Crippen molar-refractivity contribution in [2.24, 2.45) is 0 Å². The predicted octanol–water partition coefficient (Wildman–Crippen LogP) is 2.51. The predicted molar refractivity (Wildman–Crippen MR) is 61.7 cm³/mol. The van der Waals surface area contributed by atoms with E-state index >= 15 is 0 Å². The van der Waals surface area contributed by atoms with Crippen LogP contribution in [0.2, 0.25) is 0 Å². The number of hydrogen-bond acceptors (Lipinski definition) is 3. The summed E-state index contributed by atoms with van der Waals surface area (Å²) in [5.74, 6) is 0. The van der Waals surface area contributed by atoms with Crippen LogP contribution in [0.5, 0.6) is 0 Å². The topological polar surface area (TPSA) is 23.5 Å². The highest BCUT2D eigenvalue weighted by atomic mass is 32.1. The minimum atomic E-state index is 0.307. The van der Waals surface area contributed by atoms with E-state index in [2.05, 4.69) is 36.4 Å². The molecule has 0 bridgehead atoms. The van der Waals surface area contributed by atoms with E-state index in [-0.39, 0.29) is 0 Å². The van der Waals surface area contributed by atoms with Gasteiger partial charge in [0.1, 0.15) is 0 Å². The summed E-state index contributed by atoms with van der Waals surface area (Å²) in [6.07, 6.45) is 1.98. The fourth-order valence-electron chi connectivity index (χ4n) is 1.41. The van der Waals surface area contributed by atoms with Crippen molar-refractivity contribution in [3.8, 4) is 0 Å². The number of rotatable bonds is 6. The zero-order valence-electron chi connectivity index (χ0n) is 8.94. The standard InChI is InChI=1S/C11H19NOS/c1-10(11-6-5-9-14-11)12(2)7-3-4-8-13/h5-6,9-10,13H,3-4,7-8H2,1-2H3. The van der Waals surface area contributed by atoms with Crippen molar-refractivity contribution in [3.05, 3.63) is 22.4 Å². The second-order valence-corrected chi connectivity index (χ2v) is 4.58. The number of thiophene rings is 1. The summed E-state index contributed by atoms with van der Waals surface area (Å²) >= 11 is 1.81. The SMILES string of the molecule is CC(c1cccs1)N(C)CCCCO. The summed E-state index contributed by atoms with van der Waals surface area (Å²) in [6.45, 7) is 3.59. The average Bonchev–Trinajstić information content (AvgIpc) is 2.69. The highest BCUT2D eigenvalue weighted by Gasteiger charge is 2.11. The molecule has 0 aliphatic rings. The van der Waals surface area contributed by atoms with Crippen molar-refractivity contribution in [2.75, 3.05) is 20.2 Å². The smallest absolute Gasteiger partial charge is 0.0431 e. The molecule has 1 heterocycles. The second-order valence-electron chi connectivity index (χ2n) is 3.60. The van der Waals surface area contributed by atoms with Gasteiger partial charge in [0.25, 0.3) is 0 Å². The minimum absolute atomic E-state index is 0.307. The summed E-state index contributed by atoms with van der Waals surface area (Å²) in [5.41, 5.74) is 0. The molecule has 1 atom stereocenters. The molecule has 0 amide bonds. The van der Waals surface area contributed by atoms with Crippen LogP contribution >= 0.6 is 11.3 Å². The molecule has 1 rings (SSSR count). The normalized spacial score (nSPS) is 13.4. The van der Waals surface area contributed by atoms with Crippen LogP contribution in [-0.2, 0) is 0 Å². The Morgan fingerprint density at radius 1 is 1.50 bits per heavy atom. The van der Waals surface area contributed by atoms with Gasteiger partial charge in [-0.05, 0) is 44.8 Å². The fraction of sp³-hybridized carbons (Fsp3) is 0.636. The first-order chi connectivity index (χ1) is 6.75. The van der Waals surface area contributed by atoms with Gasteiger partial charge in [-0.1, -0.05) is 6.07 Å². The first kappa shape index (κ1) is 11.7. The lowest BCUT2D eigenvalue weighted by Crippen LogP contribution is -2.23. The molecule has 0 radical (unpaired) electrons. The monoisotopic (exact) mass is 213 g/mol. The fourth-order valence-corrected chi connectivity index (χ4v) is 2.26. The van der Waals surface area contributed by atoms with Crippen molar-refractivity contribution < 1.29 is 5.11 Å². The molecule has 0 aromatic carbocycles. The van der Waals surface area contributed by atoms with Gasteiger partial charge in [0.15, 0.2) is 0 Å². The Morgan fingerprint density at radius 2 is 2.29 bits per heavy atom. The molecule has 1 N–H and O–H groups in total. The maximum Gasteiger partial charge on any atom is 0.0431 e. The van der Waals surface area contributed by atoms with Crippen LogP contribution in [-0.4, -0.2) is 30.2 Å². The molecule has 1 unspecified atom stereocenters. The van der Waals surface area contributed by atoms with Crippen LogP contribution in [0.3, 0.4) is 0 Å². The van der Waals surface area contributed by atoms with Gasteiger partial charge >= 0.3 is 0 Å². The van der Waals surface area contributed by atoms with Crippen LogP contribution in [0, 0.1) is 0 Å². The van der Waals surface area contributed by atoms with E-state index in [0.29, 0.717) is 12.6 Å². The quantitative estimate of drug-likeness (QED) is 0.734. The molecule has 0 spiro atoms. The van der Waals surface area contributed by atoms with Crippen LogP contribution in [0.1, 0.15) is 30.7 Å². The van der Waals surface area contributed by atoms with Crippen LogP contribution in [0.15, 0.2) is 17.5 Å². The van der Waals surface area contributed by atoms with Crippen LogP contribution in [0.4, 0.5) is 0 Å². The lowest BCUT2D eigenvalue weighted by molar-refractivity contribution is 0.236. The summed E-state index contributed by atoms with van der Waals surface area (Å²) in [4.78, 5) is 3.75. The molecular weight excluding hydrogens is 194 g/mol. The highest BCUT2D eigenvalue weighted by molar-refractivity contribution is 7.10. The molecule has 0 fully saturated rings. The largest absolute Gasteiger partial charge is 0.396 e. The van der Waals surface area contributed by atoms with Crippen molar-refractivity contribution in [1.82, 2.24) is 4.90 Å². The third-order valence-corrected chi connectivity index (χ3v) is 3.58. The van der Waals surface area contributed by atoms with Gasteiger partial charge < -0.3 is 5.11 Å². The number of aliphatic hydroxyl groups excluding tert-OH is 1. The Labute approximate surface area is 90.2 Å². The number of unbranched alkanes of at least 4 members (excludes halogenated alkanes) is 1. The first-order valence-corrected chi connectivity index (χ1v) is 5.98. The van der Waals surface area contributed by atoms with Crippen molar-refractivity contribution >= 4 is 11.3 Å². The first-order valence-electron chi connectivity index (χ1n) is 5.10. The molecule has 0 aliphatic heterocycles. The molecule has 0 aliphatic carbocycles. The van der Waals surface area contributed by atoms with Crippen LogP contribution < -0.4 is 0 Å². The summed E-state index contributed by atoms with van der Waals surface area (Å²) < 4.78 is 0. The van der Waals surface area contributed by atoms with Gasteiger partial charge in [-0.2, -0.15) is 0 Å². The zero-order chi connectivity index (χ0) is 10.4. The van der Waals surface area contributed by atoms with Crippen molar-refractivity contribution in [2.45, 2.75) is 25.8 Å². The van der Waals surface area contributed by atoms with E-state index in [1.807, 2.05) is 11.3 Å². The van der Waals surface area contributed by atoms with E-state index in [0.717, 1.165) is 19.4 Å². The van der Waals surface area contributed by atoms with E-state index in [1.165, 1.54) is 4.88 Å². The summed E-state index contributed by atoms with van der Waals surface area (Å²) in [5, 5.41) is 10.8. The molecular formula is C11H19NOS. The highest BCUT2D eigenvalue weighted by Crippen LogP contribution is 2.23. The third kappa shape index (κ3) is 3.40. The van der Waals surface area contributed by atoms with Gasteiger partial charge in [0.05, 0.1) is 0 Å². The molecule has 14 heavy (non-hydrogen) atoms. The molecule has 1 aromatic heterocycles.